The number of sulfonamides is 1. The van der Waals surface area contributed by atoms with E-state index >= 15 is 0 Å². The number of aromatic nitrogens is 2. The molecule has 2 heterocycles. The molecule has 1 fully saturated rings. The van der Waals surface area contributed by atoms with Gasteiger partial charge in [-0.25, -0.2) is 13.2 Å². The van der Waals surface area contributed by atoms with Gasteiger partial charge >= 0.3 is 5.97 Å². The molecule has 0 N–H and O–H groups in total. The summed E-state index contributed by atoms with van der Waals surface area (Å²) in [5, 5.41) is 7.43. The highest BCUT2D eigenvalue weighted by atomic mass is 35.5. The van der Waals surface area contributed by atoms with Crippen LogP contribution in [0.2, 0.25) is 5.02 Å². The fraction of sp³-hybridized carbons (Fsp3) is 0.438. The van der Waals surface area contributed by atoms with Crippen molar-refractivity contribution in [3.05, 3.63) is 40.6 Å². The maximum absolute atomic E-state index is 12.8. The van der Waals surface area contributed by atoms with E-state index in [1.165, 1.54) is 22.5 Å². The van der Waals surface area contributed by atoms with E-state index in [2.05, 4.69) is 10.2 Å². The number of halogens is 1. The van der Waals surface area contributed by atoms with Gasteiger partial charge in [-0.05, 0) is 31.0 Å². The molecule has 0 spiro atoms. The summed E-state index contributed by atoms with van der Waals surface area (Å²) in [5.41, 5.74) is 0.0845. The van der Waals surface area contributed by atoms with Gasteiger partial charge in [0.2, 0.25) is 15.9 Å². The lowest BCUT2D eigenvalue weighted by atomic mass is 10.2. The van der Waals surface area contributed by atoms with Crippen LogP contribution in [0.4, 0.5) is 0 Å². The fourth-order valence-corrected chi connectivity index (χ4v) is 4.70. The Morgan fingerprint density at radius 3 is 2.65 bits per heavy atom. The van der Waals surface area contributed by atoms with E-state index in [0.717, 1.165) is 19.3 Å². The molecule has 1 aromatic carbocycles. The van der Waals surface area contributed by atoms with Crippen LogP contribution in [0.15, 0.2) is 27.5 Å². The predicted molar refractivity (Wildman–Crippen MR) is 92.2 cm³/mol. The van der Waals surface area contributed by atoms with Crippen LogP contribution in [0.25, 0.3) is 0 Å². The van der Waals surface area contributed by atoms with Gasteiger partial charge in [0.15, 0.2) is 6.61 Å². The Bertz CT molecular complexity index is 906. The maximum atomic E-state index is 12.8. The Hall–Kier alpha value is -1.97. The first-order valence-corrected chi connectivity index (χ1v) is 9.95. The standard InChI is InChI=1S/C16H18ClN3O5S/c1-11-18-19-15(25-11)10-24-16(21)12-5-6-13(17)14(9-12)26(22,23)20-7-3-2-4-8-20/h5-6,9H,2-4,7-8,10H2,1H3. The molecular formula is C16H18ClN3O5S. The van der Waals surface area contributed by atoms with Gasteiger partial charge in [-0.3, -0.25) is 0 Å². The second-order valence-corrected chi connectivity index (χ2v) is 8.21. The number of nitrogens with zero attached hydrogens (tertiary/aromatic N) is 3. The topological polar surface area (TPSA) is 103 Å². The van der Waals surface area contributed by atoms with E-state index in [-0.39, 0.29) is 28.0 Å². The van der Waals surface area contributed by atoms with Gasteiger partial charge in [0.25, 0.3) is 5.89 Å². The highest BCUT2D eigenvalue weighted by Crippen LogP contribution is 2.28. The van der Waals surface area contributed by atoms with Gasteiger partial charge in [-0.1, -0.05) is 18.0 Å². The number of aryl methyl sites for hydroxylation is 1. The summed E-state index contributed by atoms with van der Waals surface area (Å²) in [6.45, 7) is 2.32. The van der Waals surface area contributed by atoms with E-state index in [1.54, 1.807) is 6.92 Å². The zero-order valence-electron chi connectivity index (χ0n) is 14.1. The average molecular weight is 400 g/mol. The summed E-state index contributed by atoms with van der Waals surface area (Å²) < 4.78 is 37.3. The first-order chi connectivity index (χ1) is 12.4. The number of ether oxygens (including phenoxy) is 1. The third kappa shape index (κ3) is 4.05. The molecule has 1 aliphatic rings. The molecule has 26 heavy (non-hydrogen) atoms. The summed E-state index contributed by atoms with van der Waals surface area (Å²) in [6.07, 6.45) is 2.62. The Balaban J connectivity index is 1.79. The van der Waals surface area contributed by atoms with Crippen molar-refractivity contribution in [2.75, 3.05) is 13.1 Å². The Kier molecular flexibility index (Phi) is 5.59. The lowest BCUT2D eigenvalue weighted by molar-refractivity contribution is 0.0436. The zero-order chi connectivity index (χ0) is 18.7. The smallest absolute Gasteiger partial charge is 0.338 e. The first kappa shape index (κ1) is 18.8. The fourth-order valence-electron chi connectivity index (χ4n) is 2.68. The summed E-state index contributed by atoms with van der Waals surface area (Å²) in [6, 6.07) is 4.04. The highest BCUT2D eigenvalue weighted by molar-refractivity contribution is 7.89. The van der Waals surface area contributed by atoms with Crippen molar-refractivity contribution in [3.8, 4) is 0 Å². The Morgan fingerprint density at radius 1 is 1.27 bits per heavy atom. The van der Waals surface area contributed by atoms with Crippen LogP contribution in [-0.2, 0) is 21.4 Å². The quantitative estimate of drug-likeness (QED) is 0.711. The van der Waals surface area contributed by atoms with Gasteiger partial charge in [0.1, 0.15) is 4.90 Å². The van der Waals surface area contributed by atoms with E-state index in [9.17, 15) is 13.2 Å². The van der Waals surface area contributed by atoms with Crippen molar-refractivity contribution < 1.29 is 22.4 Å². The molecule has 0 radical (unpaired) electrons. The molecule has 0 aliphatic carbocycles. The molecule has 140 valence electrons. The number of esters is 1. The molecule has 0 atom stereocenters. The van der Waals surface area contributed by atoms with Crippen LogP contribution in [0.3, 0.4) is 0 Å². The van der Waals surface area contributed by atoms with Crippen molar-refractivity contribution in [2.24, 2.45) is 0 Å². The van der Waals surface area contributed by atoms with Crippen LogP contribution in [-0.4, -0.2) is 42.0 Å². The number of hydrogen-bond donors (Lipinski definition) is 0. The molecule has 1 aliphatic heterocycles. The second-order valence-electron chi connectivity index (χ2n) is 5.90. The van der Waals surface area contributed by atoms with Gasteiger partial charge in [-0.15, -0.1) is 10.2 Å². The third-order valence-electron chi connectivity index (χ3n) is 3.99. The van der Waals surface area contributed by atoms with Crippen molar-refractivity contribution in [1.29, 1.82) is 0 Å². The molecular weight excluding hydrogens is 382 g/mol. The average Bonchev–Trinajstić information content (AvgIpc) is 3.06. The monoisotopic (exact) mass is 399 g/mol. The van der Waals surface area contributed by atoms with Crippen LogP contribution in [0.1, 0.15) is 41.4 Å². The summed E-state index contributed by atoms with van der Waals surface area (Å²) in [4.78, 5) is 12.1. The number of carbonyl (C=O) groups excluding carboxylic acids is 1. The zero-order valence-corrected chi connectivity index (χ0v) is 15.7. The molecule has 0 saturated carbocycles. The van der Waals surface area contributed by atoms with Gasteiger partial charge in [0.05, 0.1) is 10.6 Å². The minimum Gasteiger partial charge on any atom is -0.452 e. The number of rotatable bonds is 5. The molecule has 8 nitrogen and oxygen atoms in total. The molecule has 0 unspecified atom stereocenters. The van der Waals surface area contributed by atoms with Crippen LogP contribution in [0, 0.1) is 6.92 Å². The van der Waals surface area contributed by atoms with Gasteiger partial charge < -0.3 is 9.15 Å². The lowest BCUT2D eigenvalue weighted by Gasteiger charge is -2.26. The van der Waals surface area contributed by atoms with E-state index in [4.69, 9.17) is 20.8 Å². The SMILES string of the molecule is Cc1nnc(COC(=O)c2ccc(Cl)c(S(=O)(=O)N3CCCCC3)c2)o1. The Labute approximate surface area is 156 Å². The van der Waals surface area contributed by atoms with Crippen molar-refractivity contribution in [1.82, 2.24) is 14.5 Å². The number of piperidine rings is 1. The normalized spacial score (nSPS) is 15.8. The highest BCUT2D eigenvalue weighted by Gasteiger charge is 2.29. The van der Waals surface area contributed by atoms with E-state index in [1.807, 2.05) is 0 Å². The number of benzene rings is 1. The van der Waals surface area contributed by atoms with Gasteiger partial charge in [-0.2, -0.15) is 4.31 Å². The lowest BCUT2D eigenvalue weighted by Crippen LogP contribution is -2.35. The summed E-state index contributed by atoms with van der Waals surface area (Å²) >= 11 is 6.09. The minimum atomic E-state index is -3.76. The van der Waals surface area contributed by atoms with Crippen molar-refractivity contribution in [2.45, 2.75) is 37.7 Å². The molecule has 2 aromatic rings. The predicted octanol–water partition coefficient (Wildman–Crippen LogP) is 2.56. The minimum absolute atomic E-state index is 0.0691. The van der Waals surface area contributed by atoms with Crippen LogP contribution < -0.4 is 0 Å². The molecule has 1 saturated heterocycles. The van der Waals surface area contributed by atoms with E-state index in [0.29, 0.717) is 19.0 Å². The molecule has 10 heteroatoms. The molecule has 1 aromatic heterocycles. The second kappa shape index (κ2) is 7.73. The van der Waals surface area contributed by atoms with Crippen LogP contribution in [0.5, 0.6) is 0 Å². The van der Waals surface area contributed by atoms with Gasteiger partial charge in [0, 0.05) is 20.0 Å². The van der Waals surface area contributed by atoms with Crippen molar-refractivity contribution in [3.63, 3.8) is 0 Å². The van der Waals surface area contributed by atoms with E-state index < -0.39 is 16.0 Å². The molecule has 0 bridgehead atoms. The Morgan fingerprint density at radius 2 is 2.00 bits per heavy atom. The summed E-state index contributed by atoms with van der Waals surface area (Å²) in [7, 11) is -3.76. The largest absolute Gasteiger partial charge is 0.452 e. The first-order valence-electron chi connectivity index (χ1n) is 8.14. The third-order valence-corrected chi connectivity index (χ3v) is 6.37. The number of hydrogen-bond acceptors (Lipinski definition) is 7. The van der Waals surface area contributed by atoms with Crippen LogP contribution >= 0.6 is 11.6 Å². The maximum Gasteiger partial charge on any atom is 0.338 e. The van der Waals surface area contributed by atoms with Crippen molar-refractivity contribution >= 4 is 27.6 Å². The summed E-state index contributed by atoms with van der Waals surface area (Å²) in [5.74, 6) is -0.184. The molecule has 0 amide bonds. The number of carbonyl (C=O) groups is 1. The molecule has 3 rings (SSSR count).